The van der Waals surface area contributed by atoms with Gasteiger partial charge in [-0.15, -0.1) is 11.6 Å². The van der Waals surface area contributed by atoms with Crippen LogP contribution in [0, 0.1) is 5.92 Å². The SMILES string of the molecule is CC(=O)Nc1ccc(S(=O)(=O)N2CC[C@@]3(Cl)CCCC[C@@H]3[C@@H]2c2ccccc2)cc1. The van der Waals surface area contributed by atoms with E-state index in [9.17, 15) is 13.2 Å². The molecule has 30 heavy (non-hydrogen) atoms. The van der Waals surface area contributed by atoms with E-state index in [1.807, 2.05) is 30.3 Å². The Morgan fingerprint density at radius 1 is 1.07 bits per heavy atom. The van der Waals surface area contributed by atoms with Crippen molar-refractivity contribution in [3.05, 3.63) is 60.2 Å². The molecule has 1 amide bonds. The molecular weight excluding hydrogens is 420 g/mol. The normalized spacial score (nSPS) is 27.3. The van der Waals surface area contributed by atoms with Gasteiger partial charge in [-0.25, -0.2) is 8.42 Å². The summed E-state index contributed by atoms with van der Waals surface area (Å²) in [6.07, 6.45) is 4.69. The molecule has 2 aromatic carbocycles. The van der Waals surface area contributed by atoms with E-state index in [-0.39, 0.29) is 27.6 Å². The number of rotatable bonds is 4. The second kappa shape index (κ2) is 8.33. The number of hydrogen-bond donors (Lipinski definition) is 1. The predicted octanol–water partition coefficient (Wildman–Crippen LogP) is 4.95. The molecule has 3 atom stereocenters. The lowest BCUT2D eigenvalue weighted by Crippen LogP contribution is -2.53. The number of halogens is 1. The van der Waals surface area contributed by atoms with Gasteiger partial charge in [-0.1, -0.05) is 43.2 Å². The number of fused-ring (bicyclic) bond motifs is 1. The van der Waals surface area contributed by atoms with Crippen LogP contribution < -0.4 is 5.32 Å². The molecule has 1 saturated heterocycles. The fourth-order valence-corrected chi connectivity index (χ4v) is 7.08. The number of anilines is 1. The van der Waals surface area contributed by atoms with Crippen LogP contribution in [0.2, 0.25) is 0 Å². The van der Waals surface area contributed by atoms with Gasteiger partial charge in [0.05, 0.1) is 15.8 Å². The molecule has 1 heterocycles. The molecule has 1 aliphatic heterocycles. The summed E-state index contributed by atoms with van der Waals surface area (Å²) in [5.41, 5.74) is 1.57. The van der Waals surface area contributed by atoms with Crippen LogP contribution in [0.5, 0.6) is 0 Å². The smallest absolute Gasteiger partial charge is 0.243 e. The minimum absolute atomic E-state index is 0.0810. The van der Waals surface area contributed by atoms with Crippen molar-refractivity contribution in [2.45, 2.75) is 54.8 Å². The highest BCUT2D eigenvalue weighted by Crippen LogP contribution is 2.53. The molecule has 2 fully saturated rings. The van der Waals surface area contributed by atoms with Crippen LogP contribution in [0.1, 0.15) is 50.6 Å². The van der Waals surface area contributed by atoms with E-state index in [2.05, 4.69) is 5.32 Å². The average molecular weight is 447 g/mol. The molecular formula is C23H27ClN2O3S. The minimum atomic E-state index is -3.72. The number of piperidine rings is 1. The Morgan fingerprint density at radius 2 is 1.77 bits per heavy atom. The lowest BCUT2D eigenvalue weighted by molar-refractivity contribution is -0.114. The molecule has 2 aromatic rings. The van der Waals surface area contributed by atoms with Crippen molar-refractivity contribution in [2.75, 3.05) is 11.9 Å². The molecule has 5 nitrogen and oxygen atoms in total. The second-order valence-electron chi connectivity index (χ2n) is 8.31. The lowest BCUT2D eigenvalue weighted by Gasteiger charge is -2.51. The zero-order chi connectivity index (χ0) is 21.4. The van der Waals surface area contributed by atoms with Gasteiger partial charge in [0.25, 0.3) is 0 Å². The van der Waals surface area contributed by atoms with Crippen molar-refractivity contribution >= 4 is 33.2 Å². The van der Waals surface area contributed by atoms with E-state index in [0.717, 1.165) is 31.2 Å². The maximum Gasteiger partial charge on any atom is 0.243 e. The van der Waals surface area contributed by atoms with E-state index in [0.29, 0.717) is 18.7 Å². The number of carbonyl (C=O) groups excluding carboxylic acids is 1. The van der Waals surface area contributed by atoms with Crippen molar-refractivity contribution in [3.63, 3.8) is 0 Å². The van der Waals surface area contributed by atoms with E-state index >= 15 is 0 Å². The molecule has 1 aliphatic carbocycles. The standard InChI is InChI=1S/C23H27ClN2O3S/c1-17(27)25-19-10-12-20(13-11-19)30(28,29)26-16-15-23(24)14-6-5-9-21(23)22(26)18-7-3-2-4-8-18/h2-4,7-8,10-13,21-22H,5-6,9,14-16H2,1H3,(H,25,27)/t21-,22+,23+/m1/s1. The topological polar surface area (TPSA) is 66.5 Å². The molecule has 160 valence electrons. The molecule has 0 aromatic heterocycles. The Labute approximate surface area is 183 Å². The third-order valence-corrected chi connectivity index (χ3v) is 8.94. The monoisotopic (exact) mass is 446 g/mol. The summed E-state index contributed by atoms with van der Waals surface area (Å²) in [6, 6.07) is 16.0. The summed E-state index contributed by atoms with van der Waals surface area (Å²) in [5.74, 6) is -0.112. The molecule has 0 spiro atoms. The first-order valence-electron chi connectivity index (χ1n) is 10.4. The van der Waals surface area contributed by atoms with Crippen LogP contribution in [0.25, 0.3) is 0 Å². The van der Waals surface area contributed by atoms with Crippen molar-refractivity contribution in [2.24, 2.45) is 5.92 Å². The van der Waals surface area contributed by atoms with Crippen LogP contribution >= 0.6 is 11.6 Å². The Hall–Kier alpha value is -1.89. The number of nitrogens with one attached hydrogen (secondary N) is 1. The number of carbonyl (C=O) groups is 1. The van der Waals surface area contributed by atoms with Gasteiger partial charge in [-0.3, -0.25) is 4.79 Å². The quantitative estimate of drug-likeness (QED) is 0.676. The number of amides is 1. The van der Waals surface area contributed by atoms with Crippen LogP contribution in [-0.4, -0.2) is 30.0 Å². The van der Waals surface area contributed by atoms with Gasteiger partial charge < -0.3 is 5.32 Å². The van der Waals surface area contributed by atoms with E-state index in [1.54, 1.807) is 28.6 Å². The Kier molecular flexibility index (Phi) is 5.93. The molecule has 2 aliphatic rings. The van der Waals surface area contributed by atoms with Crippen molar-refractivity contribution in [1.29, 1.82) is 0 Å². The van der Waals surface area contributed by atoms with Crippen molar-refractivity contribution < 1.29 is 13.2 Å². The highest BCUT2D eigenvalue weighted by Gasteiger charge is 2.51. The largest absolute Gasteiger partial charge is 0.326 e. The minimum Gasteiger partial charge on any atom is -0.326 e. The van der Waals surface area contributed by atoms with Gasteiger partial charge in [0, 0.05) is 19.2 Å². The number of hydrogen-bond acceptors (Lipinski definition) is 3. The van der Waals surface area contributed by atoms with Crippen LogP contribution in [0.3, 0.4) is 0 Å². The summed E-state index contributed by atoms with van der Waals surface area (Å²) >= 11 is 7.09. The molecule has 4 rings (SSSR count). The Balaban J connectivity index is 1.72. The van der Waals surface area contributed by atoms with Crippen LogP contribution in [0.4, 0.5) is 5.69 Å². The molecule has 0 bridgehead atoms. The number of benzene rings is 2. The van der Waals surface area contributed by atoms with Gasteiger partial charge in [-0.05, 0) is 55.0 Å². The van der Waals surface area contributed by atoms with E-state index in [1.165, 1.54) is 6.92 Å². The molecule has 1 N–H and O–H groups in total. The number of nitrogens with zero attached hydrogens (tertiary/aromatic N) is 1. The Bertz CT molecular complexity index is 1010. The predicted molar refractivity (Wildman–Crippen MR) is 119 cm³/mol. The van der Waals surface area contributed by atoms with Gasteiger partial charge in [-0.2, -0.15) is 4.31 Å². The zero-order valence-electron chi connectivity index (χ0n) is 17.1. The fraction of sp³-hybridized carbons (Fsp3) is 0.435. The van der Waals surface area contributed by atoms with Gasteiger partial charge in [0.15, 0.2) is 0 Å². The highest BCUT2D eigenvalue weighted by molar-refractivity contribution is 7.89. The average Bonchev–Trinajstić information content (AvgIpc) is 2.73. The first-order chi connectivity index (χ1) is 14.3. The van der Waals surface area contributed by atoms with Crippen LogP contribution in [-0.2, 0) is 14.8 Å². The van der Waals surface area contributed by atoms with Gasteiger partial charge in [0.2, 0.25) is 15.9 Å². The van der Waals surface area contributed by atoms with E-state index in [4.69, 9.17) is 11.6 Å². The zero-order valence-corrected chi connectivity index (χ0v) is 18.6. The highest BCUT2D eigenvalue weighted by atomic mass is 35.5. The molecule has 0 radical (unpaired) electrons. The molecule has 0 unspecified atom stereocenters. The van der Waals surface area contributed by atoms with Crippen molar-refractivity contribution in [1.82, 2.24) is 4.31 Å². The maximum absolute atomic E-state index is 13.7. The Morgan fingerprint density at radius 3 is 2.43 bits per heavy atom. The van der Waals surface area contributed by atoms with Gasteiger partial charge in [0.1, 0.15) is 0 Å². The first-order valence-corrected chi connectivity index (χ1v) is 12.3. The first kappa shape index (κ1) is 21.3. The second-order valence-corrected chi connectivity index (χ2v) is 11.0. The van der Waals surface area contributed by atoms with E-state index < -0.39 is 10.0 Å². The number of alkyl halides is 1. The van der Waals surface area contributed by atoms with Crippen molar-refractivity contribution in [3.8, 4) is 0 Å². The summed E-state index contributed by atoms with van der Waals surface area (Å²) in [7, 11) is -3.72. The fourth-order valence-electron chi connectivity index (χ4n) is 4.98. The molecule has 1 saturated carbocycles. The third-order valence-electron chi connectivity index (χ3n) is 6.38. The van der Waals surface area contributed by atoms with Gasteiger partial charge >= 0.3 is 0 Å². The maximum atomic E-state index is 13.7. The summed E-state index contributed by atoms with van der Waals surface area (Å²) in [5, 5.41) is 2.67. The third kappa shape index (κ3) is 4.01. The lowest BCUT2D eigenvalue weighted by atomic mass is 9.69. The number of sulfonamides is 1. The summed E-state index contributed by atoms with van der Waals surface area (Å²) in [6.45, 7) is 1.82. The van der Waals surface area contributed by atoms with Crippen LogP contribution in [0.15, 0.2) is 59.5 Å². The summed E-state index contributed by atoms with van der Waals surface area (Å²) < 4.78 is 29.0. The summed E-state index contributed by atoms with van der Waals surface area (Å²) in [4.78, 5) is 11.1. The molecule has 7 heteroatoms.